The molecular weight excluding hydrogens is 534 g/mol. The van der Waals surface area contributed by atoms with Crippen molar-refractivity contribution in [3.63, 3.8) is 0 Å². The molecule has 0 bridgehead atoms. The molecule has 0 heterocycles. The highest BCUT2D eigenvalue weighted by molar-refractivity contribution is 5.97. The van der Waals surface area contributed by atoms with Gasteiger partial charge in [-0.25, -0.2) is 0 Å². The molecule has 0 spiro atoms. The average molecular weight is 586 g/mol. The minimum Gasteiger partial charge on any atom is -0.393 e. The van der Waals surface area contributed by atoms with Crippen LogP contribution in [-0.4, -0.2) is 78.9 Å². The highest BCUT2D eigenvalue weighted by Gasteiger charge is 2.38. The highest BCUT2D eigenvalue weighted by Crippen LogP contribution is 2.45. The van der Waals surface area contributed by atoms with Crippen molar-refractivity contribution in [2.75, 3.05) is 32.8 Å². The largest absolute Gasteiger partial charge is 0.393 e. The predicted molar refractivity (Wildman–Crippen MR) is 165 cm³/mol. The lowest BCUT2D eigenvalue weighted by atomic mass is 9.88. The van der Waals surface area contributed by atoms with Crippen LogP contribution >= 0.6 is 0 Å². The van der Waals surface area contributed by atoms with E-state index in [1.807, 2.05) is 44.2 Å². The van der Waals surface area contributed by atoms with Crippen LogP contribution < -0.4 is 16.0 Å². The van der Waals surface area contributed by atoms with Crippen LogP contribution in [-0.2, 0) is 25.5 Å². The van der Waals surface area contributed by atoms with E-state index in [4.69, 9.17) is 4.74 Å². The molecule has 0 aliphatic heterocycles. The number of aliphatic hydroxyl groups is 2. The summed E-state index contributed by atoms with van der Waals surface area (Å²) in [5.74, 6) is -0.401. The van der Waals surface area contributed by atoms with Crippen molar-refractivity contribution in [1.82, 2.24) is 16.0 Å². The minimum atomic E-state index is -1.17. The van der Waals surface area contributed by atoms with Crippen molar-refractivity contribution in [2.45, 2.75) is 77.7 Å². The fourth-order valence-corrected chi connectivity index (χ4v) is 4.90. The minimum absolute atomic E-state index is 0.00175. The zero-order chi connectivity index (χ0) is 31.1. The lowest BCUT2D eigenvalue weighted by molar-refractivity contribution is -0.122. The van der Waals surface area contributed by atoms with Gasteiger partial charge in [-0.2, -0.15) is 0 Å². The van der Waals surface area contributed by atoms with Gasteiger partial charge in [-0.3, -0.25) is 19.7 Å². The molecular formula is C33H51N3O6. The SMILES string of the molecule is C=C(CC1CC1CC(C)O)C(=O)CNC(O)[C@H](Cc1ccccc1)C(=C)C(=O)CNC(C)CNC(=O)CCOCCC. The number of carbonyl (C=O) groups excluding carboxylic acids is 3. The molecule has 1 aliphatic rings. The second-order valence-corrected chi connectivity index (χ2v) is 11.6. The monoisotopic (exact) mass is 585 g/mol. The van der Waals surface area contributed by atoms with Crippen LogP contribution in [0, 0.1) is 17.8 Å². The zero-order valence-corrected chi connectivity index (χ0v) is 25.6. The number of amides is 1. The van der Waals surface area contributed by atoms with E-state index in [1.54, 1.807) is 6.92 Å². The van der Waals surface area contributed by atoms with Crippen molar-refractivity contribution in [2.24, 2.45) is 17.8 Å². The number of carbonyl (C=O) groups is 3. The number of hydrogen-bond acceptors (Lipinski definition) is 8. The van der Waals surface area contributed by atoms with E-state index in [0.717, 1.165) is 24.8 Å². The second-order valence-electron chi connectivity index (χ2n) is 11.6. The van der Waals surface area contributed by atoms with Crippen molar-refractivity contribution in [3.8, 4) is 0 Å². The van der Waals surface area contributed by atoms with Gasteiger partial charge < -0.3 is 25.6 Å². The number of nitrogens with one attached hydrogen (secondary N) is 3. The average Bonchev–Trinajstić information content (AvgIpc) is 3.69. The molecule has 1 aromatic rings. The fraction of sp³-hybridized carbons (Fsp3) is 0.606. The van der Waals surface area contributed by atoms with Crippen LogP contribution in [0.25, 0.3) is 0 Å². The summed E-state index contributed by atoms with van der Waals surface area (Å²) in [6, 6.07) is 9.35. The van der Waals surface area contributed by atoms with Gasteiger partial charge in [0, 0.05) is 31.5 Å². The molecule has 1 amide bonds. The normalized spacial score (nSPS) is 18.9. The van der Waals surface area contributed by atoms with Crippen LogP contribution in [0.5, 0.6) is 0 Å². The Morgan fingerprint density at radius 1 is 1.00 bits per heavy atom. The van der Waals surface area contributed by atoms with Gasteiger partial charge in [0.25, 0.3) is 0 Å². The Kier molecular flexibility index (Phi) is 15.9. The van der Waals surface area contributed by atoms with Gasteiger partial charge in [0.15, 0.2) is 11.6 Å². The van der Waals surface area contributed by atoms with Crippen LogP contribution in [0.4, 0.5) is 0 Å². The number of ether oxygens (including phenoxy) is 1. The Morgan fingerprint density at radius 2 is 1.69 bits per heavy atom. The van der Waals surface area contributed by atoms with Gasteiger partial charge in [-0.05, 0) is 74.5 Å². The predicted octanol–water partition coefficient (Wildman–Crippen LogP) is 2.71. The maximum atomic E-state index is 13.1. The molecule has 0 radical (unpaired) electrons. The maximum absolute atomic E-state index is 13.1. The summed E-state index contributed by atoms with van der Waals surface area (Å²) in [6.45, 7) is 14.9. The molecule has 6 atom stereocenters. The first-order valence-electron chi connectivity index (χ1n) is 15.2. The Bertz CT molecular complexity index is 1030. The van der Waals surface area contributed by atoms with Crippen molar-refractivity contribution >= 4 is 17.5 Å². The van der Waals surface area contributed by atoms with Gasteiger partial charge in [0.2, 0.25) is 5.91 Å². The van der Waals surface area contributed by atoms with Crippen molar-refractivity contribution in [3.05, 3.63) is 60.2 Å². The summed E-state index contributed by atoms with van der Waals surface area (Å²) in [6.07, 6.45) is 2.34. The molecule has 1 aromatic carbocycles. The Balaban J connectivity index is 1.86. The fourth-order valence-electron chi connectivity index (χ4n) is 4.90. The summed E-state index contributed by atoms with van der Waals surface area (Å²) >= 11 is 0. The quantitative estimate of drug-likeness (QED) is 0.0751. The molecule has 9 nitrogen and oxygen atoms in total. The van der Waals surface area contributed by atoms with Crippen LogP contribution in [0.1, 0.15) is 58.4 Å². The summed E-state index contributed by atoms with van der Waals surface area (Å²) < 4.78 is 5.34. The summed E-state index contributed by atoms with van der Waals surface area (Å²) in [4.78, 5) is 37.8. The number of hydrogen-bond donors (Lipinski definition) is 5. The number of Topliss-reactive ketones (excluding diaryl/α,β-unsaturated/α-hetero) is 2. The molecule has 0 aromatic heterocycles. The van der Waals surface area contributed by atoms with Gasteiger partial charge in [0.1, 0.15) is 6.23 Å². The van der Waals surface area contributed by atoms with E-state index >= 15 is 0 Å². The number of benzene rings is 1. The van der Waals surface area contributed by atoms with Gasteiger partial charge in [0.05, 0.1) is 25.8 Å². The number of ketones is 2. The first kappa shape index (κ1) is 35.5. The number of aliphatic hydroxyl groups excluding tert-OH is 2. The third kappa shape index (κ3) is 13.5. The smallest absolute Gasteiger partial charge is 0.222 e. The lowest BCUT2D eigenvalue weighted by Crippen LogP contribution is -2.44. The summed E-state index contributed by atoms with van der Waals surface area (Å²) in [5, 5.41) is 29.5. The number of rotatable bonds is 23. The summed E-state index contributed by atoms with van der Waals surface area (Å²) in [5.41, 5.74) is 1.68. The van der Waals surface area contributed by atoms with Crippen molar-refractivity contribution in [1.29, 1.82) is 0 Å². The molecule has 2 rings (SSSR count). The highest BCUT2D eigenvalue weighted by atomic mass is 16.5. The van der Waals surface area contributed by atoms with E-state index in [9.17, 15) is 24.6 Å². The van der Waals surface area contributed by atoms with Gasteiger partial charge >= 0.3 is 0 Å². The molecule has 1 aliphatic carbocycles. The molecule has 9 heteroatoms. The molecule has 42 heavy (non-hydrogen) atoms. The Labute approximate surface area is 251 Å². The van der Waals surface area contributed by atoms with E-state index in [2.05, 4.69) is 29.1 Å². The van der Waals surface area contributed by atoms with Gasteiger partial charge in [-0.15, -0.1) is 0 Å². The molecule has 5 N–H and O–H groups in total. The topological polar surface area (TPSA) is 137 Å². The van der Waals surface area contributed by atoms with E-state index in [1.165, 1.54) is 0 Å². The molecule has 5 unspecified atom stereocenters. The molecule has 1 saturated carbocycles. The lowest BCUT2D eigenvalue weighted by Gasteiger charge is -2.26. The Hall–Kier alpha value is -2.69. The molecule has 0 saturated heterocycles. The van der Waals surface area contributed by atoms with E-state index in [0.29, 0.717) is 50.0 Å². The summed E-state index contributed by atoms with van der Waals surface area (Å²) in [7, 11) is 0. The zero-order valence-electron chi connectivity index (χ0n) is 25.6. The molecule has 234 valence electrons. The second kappa shape index (κ2) is 18.8. The first-order chi connectivity index (χ1) is 20.0. The third-order valence-electron chi connectivity index (χ3n) is 7.61. The molecule has 1 fully saturated rings. The Morgan fingerprint density at radius 3 is 2.36 bits per heavy atom. The van der Waals surface area contributed by atoms with E-state index in [-0.39, 0.29) is 54.7 Å². The third-order valence-corrected chi connectivity index (χ3v) is 7.61. The van der Waals surface area contributed by atoms with Gasteiger partial charge in [-0.1, -0.05) is 50.4 Å². The maximum Gasteiger partial charge on any atom is 0.222 e. The van der Waals surface area contributed by atoms with E-state index < -0.39 is 12.1 Å². The van der Waals surface area contributed by atoms with Crippen LogP contribution in [0.3, 0.4) is 0 Å². The van der Waals surface area contributed by atoms with Crippen LogP contribution in [0.15, 0.2) is 54.6 Å². The standard InChI is InChI=1S/C33H51N3O6/c1-6-13-42-14-12-32(40)35-19-23(3)34-21-31(39)25(5)29(17-26-10-8-7-9-11-26)33(41)36-20-30(38)22(2)15-27-18-28(27)16-24(4)37/h7-11,23-24,27-29,33-34,36-37,41H,2,5-6,12-21H2,1,3-4H3,(H,35,40)/t23?,24?,27?,28?,29-,33?/m1/s1. The van der Waals surface area contributed by atoms with Crippen molar-refractivity contribution < 1.29 is 29.3 Å². The van der Waals surface area contributed by atoms with Crippen LogP contribution in [0.2, 0.25) is 0 Å². The first-order valence-corrected chi connectivity index (χ1v) is 15.2.